The standard InChI is InChI=1S/C22H27N3O5S/c1-29-18-9-7-17(8-10-18)23-13-15-24(16-14-23)22(26)21-11-12-25(31(2,27)28)19-5-3-4-6-20(19)30-21/h3-10,21H,11-16H2,1-2H3/t21-/m1/s1. The van der Waals surface area contributed by atoms with Crippen molar-refractivity contribution in [3.05, 3.63) is 48.5 Å². The van der Waals surface area contributed by atoms with E-state index < -0.39 is 16.1 Å². The third kappa shape index (κ3) is 4.56. The molecule has 1 amide bonds. The smallest absolute Gasteiger partial charge is 0.263 e. The number of piperazine rings is 1. The van der Waals surface area contributed by atoms with Crippen LogP contribution in [0.25, 0.3) is 0 Å². The van der Waals surface area contributed by atoms with Gasteiger partial charge in [-0.2, -0.15) is 0 Å². The number of fused-ring (bicyclic) bond motifs is 1. The quantitative estimate of drug-likeness (QED) is 0.716. The number of carbonyl (C=O) groups is 1. The number of hydrogen-bond donors (Lipinski definition) is 0. The van der Waals surface area contributed by atoms with Crippen LogP contribution in [-0.2, 0) is 14.8 Å². The third-order valence-corrected chi connectivity index (χ3v) is 6.88. The molecule has 1 fully saturated rings. The van der Waals surface area contributed by atoms with Gasteiger partial charge in [0.2, 0.25) is 10.0 Å². The lowest BCUT2D eigenvalue weighted by Crippen LogP contribution is -2.52. The van der Waals surface area contributed by atoms with Gasteiger partial charge in [0.05, 0.1) is 19.1 Å². The molecule has 2 heterocycles. The fourth-order valence-electron chi connectivity index (χ4n) is 4.03. The van der Waals surface area contributed by atoms with Gasteiger partial charge in [0.15, 0.2) is 6.10 Å². The maximum absolute atomic E-state index is 13.2. The SMILES string of the molecule is COc1ccc(N2CCN(C(=O)[C@H]3CCN(S(C)(=O)=O)c4ccccc4O3)CC2)cc1. The molecule has 2 aromatic rings. The van der Waals surface area contributed by atoms with E-state index in [1.54, 1.807) is 31.4 Å². The van der Waals surface area contributed by atoms with E-state index in [2.05, 4.69) is 4.90 Å². The van der Waals surface area contributed by atoms with Gasteiger partial charge >= 0.3 is 0 Å². The van der Waals surface area contributed by atoms with Crippen molar-refractivity contribution < 1.29 is 22.7 Å². The molecule has 2 aliphatic heterocycles. The maximum atomic E-state index is 13.2. The molecule has 0 aromatic heterocycles. The fraction of sp³-hybridized carbons (Fsp3) is 0.409. The second-order valence-corrected chi connectivity index (χ2v) is 9.62. The summed E-state index contributed by atoms with van der Waals surface area (Å²) in [5.41, 5.74) is 1.57. The molecule has 9 heteroatoms. The van der Waals surface area contributed by atoms with Crippen molar-refractivity contribution >= 4 is 27.3 Å². The first-order valence-corrected chi connectivity index (χ1v) is 12.1. The number of anilines is 2. The van der Waals surface area contributed by atoms with Crippen LogP contribution in [0.5, 0.6) is 11.5 Å². The molecule has 8 nitrogen and oxygen atoms in total. The lowest BCUT2D eigenvalue weighted by atomic mass is 10.2. The van der Waals surface area contributed by atoms with Gasteiger partial charge in [-0.05, 0) is 36.4 Å². The zero-order chi connectivity index (χ0) is 22.0. The number of amides is 1. The van der Waals surface area contributed by atoms with E-state index in [1.165, 1.54) is 10.6 Å². The van der Waals surface area contributed by atoms with Crippen LogP contribution < -0.4 is 18.7 Å². The van der Waals surface area contributed by atoms with E-state index in [9.17, 15) is 13.2 Å². The van der Waals surface area contributed by atoms with Crippen molar-refractivity contribution in [1.29, 1.82) is 0 Å². The Kier molecular flexibility index (Phi) is 5.95. The molecule has 0 unspecified atom stereocenters. The number of methoxy groups -OCH3 is 1. The molecule has 1 atom stereocenters. The number of hydrogen-bond acceptors (Lipinski definition) is 6. The van der Waals surface area contributed by atoms with Crippen molar-refractivity contribution in [1.82, 2.24) is 4.90 Å². The van der Waals surface area contributed by atoms with E-state index >= 15 is 0 Å². The van der Waals surface area contributed by atoms with Crippen molar-refractivity contribution in [3.8, 4) is 11.5 Å². The second kappa shape index (κ2) is 8.66. The Labute approximate surface area is 183 Å². The van der Waals surface area contributed by atoms with Gasteiger partial charge in [0, 0.05) is 44.8 Å². The van der Waals surface area contributed by atoms with Crippen molar-refractivity contribution in [2.75, 3.05) is 55.3 Å². The first-order chi connectivity index (χ1) is 14.9. The molecule has 0 spiro atoms. The molecule has 2 aliphatic rings. The van der Waals surface area contributed by atoms with Gasteiger partial charge in [0.1, 0.15) is 11.5 Å². The Balaban J connectivity index is 1.43. The minimum absolute atomic E-state index is 0.0977. The van der Waals surface area contributed by atoms with Crippen LogP contribution in [0, 0.1) is 0 Å². The molecule has 2 aromatic carbocycles. The fourth-order valence-corrected chi connectivity index (χ4v) is 4.98. The van der Waals surface area contributed by atoms with E-state index in [0.29, 0.717) is 30.9 Å². The molecule has 31 heavy (non-hydrogen) atoms. The summed E-state index contributed by atoms with van der Waals surface area (Å²) >= 11 is 0. The number of sulfonamides is 1. The molecule has 166 valence electrons. The minimum Gasteiger partial charge on any atom is -0.497 e. The number of ether oxygens (including phenoxy) is 2. The zero-order valence-corrected chi connectivity index (χ0v) is 18.5. The van der Waals surface area contributed by atoms with Gasteiger partial charge in [-0.1, -0.05) is 12.1 Å². The normalized spacial score (nSPS) is 19.3. The van der Waals surface area contributed by atoms with Gasteiger partial charge in [-0.3, -0.25) is 9.10 Å². The van der Waals surface area contributed by atoms with E-state index in [-0.39, 0.29) is 12.5 Å². The Morgan fingerprint density at radius 2 is 1.68 bits per heavy atom. The summed E-state index contributed by atoms with van der Waals surface area (Å²) in [5, 5.41) is 0. The number of para-hydroxylation sites is 2. The summed E-state index contributed by atoms with van der Waals surface area (Å²) in [4.78, 5) is 17.2. The van der Waals surface area contributed by atoms with Gasteiger partial charge in [-0.25, -0.2) is 8.42 Å². The highest BCUT2D eigenvalue weighted by atomic mass is 32.2. The largest absolute Gasteiger partial charge is 0.497 e. The minimum atomic E-state index is -3.47. The van der Waals surface area contributed by atoms with E-state index in [1.807, 2.05) is 29.2 Å². The Morgan fingerprint density at radius 3 is 2.32 bits per heavy atom. The molecule has 0 aliphatic carbocycles. The summed E-state index contributed by atoms with van der Waals surface area (Å²) in [5.74, 6) is 1.13. The average Bonchev–Trinajstić information content (AvgIpc) is 2.98. The van der Waals surface area contributed by atoms with Crippen LogP contribution in [0.3, 0.4) is 0 Å². The van der Waals surface area contributed by atoms with Crippen LogP contribution in [0.1, 0.15) is 6.42 Å². The lowest BCUT2D eigenvalue weighted by molar-refractivity contribution is -0.139. The van der Waals surface area contributed by atoms with Crippen LogP contribution >= 0.6 is 0 Å². The van der Waals surface area contributed by atoms with E-state index in [0.717, 1.165) is 24.5 Å². The van der Waals surface area contributed by atoms with Crippen LogP contribution in [0.2, 0.25) is 0 Å². The average molecular weight is 446 g/mol. The highest BCUT2D eigenvalue weighted by Crippen LogP contribution is 2.34. The molecule has 0 saturated carbocycles. The van der Waals surface area contributed by atoms with Crippen LogP contribution in [0.4, 0.5) is 11.4 Å². The predicted molar refractivity (Wildman–Crippen MR) is 119 cm³/mol. The Morgan fingerprint density at radius 1 is 1.00 bits per heavy atom. The summed E-state index contributed by atoms with van der Waals surface area (Å²) < 4.78 is 37.0. The second-order valence-electron chi connectivity index (χ2n) is 7.71. The molecule has 1 saturated heterocycles. The first-order valence-electron chi connectivity index (χ1n) is 10.3. The maximum Gasteiger partial charge on any atom is 0.263 e. The predicted octanol–water partition coefficient (Wildman–Crippen LogP) is 1.96. The van der Waals surface area contributed by atoms with Gasteiger partial charge < -0.3 is 19.3 Å². The van der Waals surface area contributed by atoms with Gasteiger partial charge in [0.25, 0.3) is 5.91 Å². The van der Waals surface area contributed by atoms with Gasteiger partial charge in [-0.15, -0.1) is 0 Å². The zero-order valence-electron chi connectivity index (χ0n) is 17.7. The first kappa shape index (κ1) is 21.3. The highest BCUT2D eigenvalue weighted by molar-refractivity contribution is 7.92. The number of carbonyl (C=O) groups excluding carboxylic acids is 1. The van der Waals surface area contributed by atoms with Crippen LogP contribution in [0.15, 0.2) is 48.5 Å². The summed E-state index contributed by atoms with van der Waals surface area (Å²) in [6, 6.07) is 14.8. The Bertz CT molecular complexity index is 1030. The monoisotopic (exact) mass is 445 g/mol. The molecule has 4 rings (SSSR count). The van der Waals surface area contributed by atoms with Crippen molar-refractivity contribution in [2.45, 2.75) is 12.5 Å². The molecule has 0 bridgehead atoms. The molecule has 0 N–H and O–H groups in total. The number of rotatable bonds is 4. The third-order valence-electron chi connectivity index (χ3n) is 5.70. The number of nitrogens with zero attached hydrogens (tertiary/aromatic N) is 3. The van der Waals surface area contributed by atoms with Crippen LogP contribution in [-0.4, -0.2) is 71.4 Å². The summed E-state index contributed by atoms with van der Waals surface area (Å²) in [7, 11) is -1.83. The molecule has 0 radical (unpaired) electrons. The Hall–Kier alpha value is -2.94. The topological polar surface area (TPSA) is 79.4 Å². The summed E-state index contributed by atoms with van der Waals surface area (Å²) in [6.45, 7) is 2.82. The molecular weight excluding hydrogens is 418 g/mol. The van der Waals surface area contributed by atoms with Crippen molar-refractivity contribution in [2.24, 2.45) is 0 Å². The summed E-state index contributed by atoms with van der Waals surface area (Å²) in [6.07, 6.45) is 0.768. The van der Waals surface area contributed by atoms with Crippen molar-refractivity contribution in [3.63, 3.8) is 0 Å². The lowest BCUT2D eigenvalue weighted by Gasteiger charge is -2.37. The highest BCUT2D eigenvalue weighted by Gasteiger charge is 2.34. The number of benzene rings is 2. The van der Waals surface area contributed by atoms with E-state index in [4.69, 9.17) is 9.47 Å². The molecular formula is C22H27N3O5S.